The van der Waals surface area contributed by atoms with E-state index in [9.17, 15) is 4.79 Å². The summed E-state index contributed by atoms with van der Waals surface area (Å²) in [5.74, 6) is -0.0326. The SMILES string of the molecule is O=C1CCC(c2ccccc2)=NN1c1nc2ccc(Cl)cc2s1. The molecule has 0 aliphatic carbocycles. The first kappa shape index (κ1) is 14.4. The molecule has 0 N–H and O–H groups in total. The second kappa shape index (κ2) is 5.76. The van der Waals surface area contributed by atoms with E-state index in [2.05, 4.69) is 10.1 Å². The number of hydrogen-bond donors (Lipinski definition) is 0. The summed E-state index contributed by atoms with van der Waals surface area (Å²) < 4.78 is 0.947. The van der Waals surface area contributed by atoms with Gasteiger partial charge in [0.15, 0.2) is 0 Å². The van der Waals surface area contributed by atoms with Crippen LogP contribution >= 0.6 is 22.9 Å². The summed E-state index contributed by atoms with van der Waals surface area (Å²) >= 11 is 7.44. The van der Waals surface area contributed by atoms with Gasteiger partial charge in [0.1, 0.15) is 0 Å². The summed E-state index contributed by atoms with van der Waals surface area (Å²) in [6, 6.07) is 15.4. The molecular weight excluding hydrogens is 330 g/mol. The molecule has 0 unspecified atom stereocenters. The number of aromatic nitrogens is 1. The minimum absolute atomic E-state index is 0.0326. The van der Waals surface area contributed by atoms with Crippen LogP contribution in [0.1, 0.15) is 18.4 Å². The molecule has 1 aromatic heterocycles. The topological polar surface area (TPSA) is 45.6 Å². The predicted molar refractivity (Wildman–Crippen MR) is 94.3 cm³/mol. The lowest BCUT2D eigenvalue weighted by Gasteiger charge is -2.21. The van der Waals surface area contributed by atoms with Crippen molar-refractivity contribution in [1.82, 2.24) is 4.98 Å². The predicted octanol–water partition coefficient (Wildman–Crippen LogP) is 4.48. The number of thiazole rings is 1. The van der Waals surface area contributed by atoms with Crippen molar-refractivity contribution < 1.29 is 4.79 Å². The van der Waals surface area contributed by atoms with Gasteiger partial charge in [0.05, 0.1) is 15.9 Å². The quantitative estimate of drug-likeness (QED) is 0.689. The van der Waals surface area contributed by atoms with Gasteiger partial charge in [0.2, 0.25) is 11.0 Å². The van der Waals surface area contributed by atoms with Gasteiger partial charge in [0.25, 0.3) is 0 Å². The Balaban J connectivity index is 1.77. The third kappa shape index (κ3) is 2.73. The van der Waals surface area contributed by atoms with Gasteiger partial charge in [-0.3, -0.25) is 4.79 Å². The number of benzene rings is 2. The average molecular weight is 342 g/mol. The van der Waals surface area contributed by atoms with E-state index in [-0.39, 0.29) is 5.91 Å². The minimum atomic E-state index is -0.0326. The molecule has 2 heterocycles. The van der Waals surface area contributed by atoms with Gasteiger partial charge in [-0.1, -0.05) is 53.3 Å². The molecule has 0 radical (unpaired) electrons. The van der Waals surface area contributed by atoms with E-state index < -0.39 is 0 Å². The highest BCUT2D eigenvalue weighted by atomic mass is 35.5. The van der Waals surface area contributed by atoms with Gasteiger partial charge >= 0.3 is 0 Å². The molecule has 0 saturated heterocycles. The van der Waals surface area contributed by atoms with Crippen LogP contribution in [0, 0.1) is 0 Å². The van der Waals surface area contributed by atoms with E-state index in [1.54, 1.807) is 6.07 Å². The molecule has 0 spiro atoms. The van der Waals surface area contributed by atoms with Crippen LogP contribution in [0.25, 0.3) is 10.2 Å². The molecule has 0 saturated carbocycles. The largest absolute Gasteiger partial charge is 0.272 e. The van der Waals surface area contributed by atoms with Gasteiger partial charge in [0, 0.05) is 17.9 Å². The smallest absolute Gasteiger partial charge is 0.249 e. The van der Waals surface area contributed by atoms with E-state index in [1.807, 2.05) is 42.5 Å². The van der Waals surface area contributed by atoms with Crippen LogP contribution in [0.2, 0.25) is 5.02 Å². The van der Waals surface area contributed by atoms with Crippen LogP contribution in [0.15, 0.2) is 53.6 Å². The Kier molecular flexibility index (Phi) is 3.59. The van der Waals surface area contributed by atoms with Crippen LogP contribution in [0.4, 0.5) is 5.13 Å². The van der Waals surface area contributed by atoms with Crippen molar-refractivity contribution in [3.8, 4) is 0 Å². The third-order valence-electron chi connectivity index (χ3n) is 3.66. The maximum absolute atomic E-state index is 12.3. The highest BCUT2D eigenvalue weighted by Gasteiger charge is 2.25. The number of nitrogens with zero attached hydrogens (tertiary/aromatic N) is 3. The first-order valence-electron chi connectivity index (χ1n) is 7.23. The molecule has 2 aromatic carbocycles. The number of halogens is 1. The summed E-state index contributed by atoms with van der Waals surface area (Å²) in [7, 11) is 0. The summed E-state index contributed by atoms with van der Waals surface area (Å²) in [6.07, 6.45) is 1.08. The number of carbonyl (C=O) groups excluding carboxylic acids is 1. The zero-order chi connectivity index (χ0) is 15.8. The minimum Gasteiger partial charge on any atom is -0.272 e. The summed E-state index contributed by atoms with van der Waals surface area (Å²) in [5, 5.41) is 7.20. The van der Waals surface area contributed by atoms with Gasteiger partial charge in [-0.25, -0.2) is 4.98 Å². The monoisotopic (exact) mass is 341 g/mol. The zero-order valence-corrected chi connectivity index (χ0v) is 13.6. The number of rotatable bonds is 2. The maximum atomic E-state index is 12.3. The fraction of sp³-hybridized carbons (Fsp3) is 0.118. The van der Waals surface area contributed by atoms with Crippen molar-refractivity contribution in [3.63, 3.8) is 0 Å². The van der Waals surface area contributed by atoms with Crippen molar-refractivity contribution in [3.05, 3.63) is 59.1 Å². The molecule has 1 aliphatic rings. The molecule has 4 nitrogen and oxygen atoms in total. The van der Waals surface area contributed by atoms with E-state index in [4.69, 9.17) is 11.6 Å². The molecule has 4 rings (SSSR count). The number of amides is 1. The molecule has 1 aliphatic heterocycles. The molecule has 114 valence electrons. The molecule has 3 aromatic rings. The van der Waals surface area contributed by atoms with Crippen molar-refractivity contribution in [1.29, 1.82) is 0 Å². The van der Waals surface area contributed by atoms with Gasteiger partial charge < -0.3 is 0 Å². The van der Waals surface area contributed by atoms with Gasteiger partial charge in [-0.2, -0.15) is 10.1 Å². The lowest BCUT2D eigenvalue weighted by atomic mass is 10.0. The molecule has 1 amide bonds. The summed E-state index contributed by atoms with van der Waals surface area (Å²) in [4.78, 5) is 16.8. The van der Waals surface area contributed by atoms with Gasteiger partial charge in [-0.15, -0.1) is 0 Å². The number of fused-ring (bicyclic) bond motifs is 1. The third-order valence-corrected chi connectivity index (χ3v) is 4.89. The van der Waals surface area contributed by atoms with E-state index in [0.717, 1.165) is 21.5 Å². The first-order chi connectivity index (χ1) is 11.2. The molecule has 0 atom stereocenters. The van der Waals surface area contributed by atoms with Crippen LogP contribution in [-0.2, 0) is 4.79 Å². The fourth-order valence-electron chi connectivity index (χ4n) is 2.52. The number of anilines is 1. The Bertz CT molecular complexity index is 920. The van der Waals surface area contributed by atoms with Crippen molar-refractivity contribution in [2.75, 3.05) is 5.01 Å². The zero-order valence-electron chi connectivity index (χ0n) is 12.1. The fourth-order valence-corrected chi connectivity index (χ4v) is 3.73. The highest BCUT2D eigenvalue weighted by molar-refractivity contribution is 7.22. The molecule has 23 heavy (non-hydrogen) atoms. The van der Waals surface area contributed by atoms with Crippen molar-refractivity contribution in [2.45, 2.75) is 12.8 Å². The number of hydrogen-bond acceptors (Lipinski definition) is 4. The number of hydrazone groups is 1. The number of carbonyl (C=O) groups is 1. The summed E-state index contributed by atoms with van der Waals surface area (Å²) in [6.45, 7) is 0. The molecule has 0 fully saturated rings. The average Bonchev–Trinajstić information content (AvgIpc) is 2.99. The molecule has 0 bridgehead atoms. The second-order valence-corrected chi connectivity index (χ2v) is 6.67. The van der Waals surface area contributed by atoms with Crippen LogP contribution < -0.4 is 5.01 Å². The Morgan fingerprint density at radius 2 is 1.91 bits per heavy atom. The Labute approximate surface area is 142 Å². The normalized spacial score (nSPS) is 15.1. The highest BCUT2D eigenvalue weighted by Crippen LogP contribution is 2.32. The Hall–Kier alpha value is -2.24. The van der Waals surface area contributed by atoms with Gasteiger partial charge in [-0.05, 0) is 23.8 Å². The van der Waals surface area contributed by atoms with E-state index in [1.165, 1.54) is 16.3 Å². The maximum Gasteiger partial charge on any atom is 0.249 e. The standard InChI is InChI=1S/C17H12ClN3OS/c18-12-6-7-14-15(10-12)23-17(19-14)21-16(22)9-8-13(20-21)11-4-2-1-3-5-11/h1-7,10H,8-9H2. The lowest BCUT2D eigenvalue weighted by molar-refractivity contribution is -0.118. The molecular formula is C17H12ClN3OS. The Morgan fingerprint density at radius 3 is 2.74 bits per heavy atom. The molecule has 6 heteroatoms. The van der Waals surface area contributed by atoms with Crippen LogP contribution in [0.3, 0.4) is 0 Å². The van der Waals surface area contributed by atoms with Crippen molar-refractivity contribution >= 4 is 49.9 Å². The van der Waals surface area contributed by atoms with Crippen LogP contribution in [-0.4, -0.2) is 16.6 Å². The van der Waals surface area contributed by atoms with Crippen molar-refractivity contribution in [2.24, 2.45) is 5.10 Å². The second-order valence-electron chi connectivity index (χ2n) is 5.23. The van der Waals surface area contributed by atoms with Crippen LogP contribution in [0.5, 0.6) is 0 Å². The van der Waals surface area contributed by atoms with E-state index in [0.29, 0.717) is 23.0 Å². The summed E-state index contributed by atoms with van der Waals surface area (Å²) in [5.41, 5.74) is 2.76. The lowest BCUT2D eigenvalue weighted by Crippen LogP contribution is -2.31. The Morgan fingerprint density at radius 1 is 1.09 bits per heavy atom. The first-order valence-corrected chi connectivity index (χ1v) is 8.42. The van der Waals surface area contributed by atoms with E-state index >= 15 is 0 Å².